The van der Waals surface area contributed by atoms with Crippen molar-refractivity contribution in [2.75, 3.05) is 0 Å². The molecule has 0 aliphatic heterocycles. The van der Waals surface area contributed by atoms with E-state index in [-0.39, 0.29) is 47.9 Å². The van der Waals surface area contributed by atoms with Gasteiger partial charge in [-0.15, -0.1) is 34.2 Å². The van der Waals surface area contributed by atoms with E-state index in [0.717, 1.165) is 58.8 Å². The van der Waals surface area contributed by atoms with E-state index in [2.05, 4.69) is 78.6 Å². The second-order valence-electron chi connectivity index (χ2n) is 12.9. The quantitative estimate of drug-likeness (QED) is 0.110. The standard InChI is InChI=1S/C22H20N3.C15H28O2.Ir/c1-14-8-7-11-18-20(14)23-25-24-21(18)16-12-15-9-5-6-10-17(15)19(13-16)22(2,3)4;1-7-14(5,8-2)12(16)11-13(17)15(6,9-3)10-4;/h5-11,13H,1-4H3;11,16H,7-10H2,1-6H3;/q-1;;/b;12-11-;. The molecule has 5 nitrogen and oxygen atoms in total. The van der Waals surface area contributed by atoms with Gasteiger partial charge in [0.25, 0.3) is 0 Å². The van der Waals surface area contributed by atoms with Crippen LogP contribution in [-0.4, -0.2) is 26.3 Å². The van der Waals surface area contributed by atoms with Crippen molar-refractivity contribution in [3.63, 3.8) is 0 Å². The number of fused-ring (bicyclic) bond motifs is 2. The predicted octanol–water partition coefficient (Wildman–Crippen LogP) is 9.90. The first-order chi connectivity index (χ1) is 19.7. The van der Waals surface area contributed by atoms with E-state index >= 15 is 0 Å². The molecule has 0 unspecified atom stereocenters. The fourth-order valence-electron chi connectivity index (χ4n) is 5.01. The van der Waals surface area contributed by atoms with Crippen molar-refractivity contribution in [3.8, 4) is 11.3 Å². The zero-order valence-corrected chi connectivity index (χ0v) is 30.0. The van der Waals surface area contributed by atoms with Gasteiger partial charge in [-0.25, -0.2) is 0 Å². The van der Waals surface area contributed by atoms with Crippen molar-refractivity contribution in [2.24, 2.45) is 10.8 Å². The smallest absolute Gasteiger partial charge is 0.164 e. The Morgan fingerprint density at radius 3 is 2.00 bits per heavy atom. The summed E-state index contributed by atoms with van der Waals surface area (Å²) in [6, 6.07) is 20.3. The van der Waals surface area contributed by atoms with Crippen LogP contribution in [0.5, 0.6) is 0 Å². The number of carbonyl (C=O) groups excluding carboxylic acids is 1. The monoisotopic (exact) mass is 759 g/mol. The normalized spacial score (nSPS) is 12.5. The average molecular weight is 759 g/mol. The molecular weight excluding hydrogens is 711 g/mol. The van der Waals surface area contributed by atoms with E-state index in [9.17, 15) is 9.90 Å². The summed E-state index contributed by atoms with van der Waals surface area (Å²) in [5.41, 5.74) is 4.51. The third-order valence-electron chi connectivity index (χ3n) is 9.22. The maximum Gasteiger partial charge on any atom is 0.164 e. The van der Waals surface area contributed by atoms with Crippen LogP contribution < -0.4 is 0 Å². The molecular formula is C37H48IrN3O2-. The van der Waals surface area contributed by atoms with Crippen LogP contribution in [0.4, 0.5) is 0 Å². The number of allylic oxidation sites excluding steroid dienone is 2. The molecule has 0 fully saturated rings. The number of hydrogen-bond acceptors (Lipinski definition) is 5. The molecule has 1 N–H and O–H groups in total. The van der Waals surface area contributed by atoms with Crippen LogP contribution >= 0.6 is 0 Å². The van der Waals surface area contributed by atoms with Crippen LogP contribution in [0.25, 0.3) is 32.9 Å². The second-order valence-corrected chi connectivity index (χ2v) is 12.9. The molecule has 0 atom stereocenters. The first kappa shape index (κ1) is 36.2. The molecule has 3 aromatic carbocycles. The van der Waals surface area contributed by atoms with Gasteiger partial charge < -0.3 is 5.11 Å². The molecule has 0 aliphatic carbocycles. The van der Waals surface area contributed by atoms with Crippen LogP contribution in [0.15, 0.2) is 60.4 Å². The van der Waals surface area contributed by atoms with Crippen molar-refractivity contribution in [3.05, 3.63) is 77.6 Å². The van der Waals surface area contributed by atoms with Crippen LogP contribution in [-0.2, 0) is 30.3 Å². The topological polar surface area (TPSA) is 76.0 Å². The summed E-state index contributed by atoms with van der Waals surface area (Å²) < 4.78 is 0. The molecule has 0 saturated heterocycles. The molecule has 0 bridgehead atoms. The summed E-state index contributed by atoms with van der Waals surface area (Å²) in [6.45, 7) is 20.8. The number of rotatable bonds is 8. The predicted molar refractivity (Wildman–Crippen MR) is 176 cm³/mol. The summed E-state index contributed by atoms with van der Waals surface area (Å²) >= 11 is 0. The first-order valence-electron chi connectivity index (χ1n) is 15.2. The SMILES string of the molecule is CCC(C)(CC)C(=O)/C=C(\O)C(C)(CC)CC.Cc1cccc2c(-c3[c-]c4ccccc4c(C(C)(C)C)c3)nnnc12.[Ir]. The van der Waals surface area contributed by atoms with E-state index < -0.39 is 0 Å². The van der Waals surface area contributed by atoms with Crippen molar-refractivity contribution in [2.45, 2.75) is 100 Å². The van der Waals surface area contributed by atoms with Crippen molar-refractivity contribution in [1.29, 1.82) is 0 Å². The van der Waals surface area contributed by atoms with Gasteiger partial charge in [-0.3, -0.25) is 4.79 Å². The van der Waals surface area contributed by atoms with Crippen molar-refractivity contribution in [1.82, 2.24) is 15.4 Å². The minimum atomic E-state index is -0.337. The molecule has 6 heteroatoms. The number of aryl methyl sites for hydroxylation is 1. The summed E-state index contributed by atoms with van der Waals surface area (Å²) in [5.74, 6) is 0.286. The number of hydrogen-bond donors (Lipinski definition) is 1. The van der Waals surface area contributed by atoms with E-state index in [1.807, 2.05) is 60.6 Å². The molecule has 0 aliphatic rings. The average Bonchev–Trinajstić information content (AvgIpc) is 2.99. The van der Waals surface area contributed by atoms with Gasteiger partial charge in [0.1, 0.15) is 5.76 Å². The third-order valence-corrected chi connectivity index (χ3v) is 9.22. The minimum absolute atomic E-state index is 0. The van der Waals surface area contributed by atoms with Gasteiger partial charge in [0.2, 0.25) is 0 Å². The van der Waals surface area contributed by atoms with Gasteiger partial charge in [-0.05, 0) is 49.0 Å². The Morgan fingerprint density at radius 1 is 0.837 bits per heavy atom. The van der Waals surface area contributed by atoms with E-state index in [4.69, 9.17) is 0 Å². The first-order valence-corrected chi connectivity index (χ1v) is 15.2. The van der Waals surface area contributed by atoms with Gasteiger partial charge in [0.05, 0.1) is 5.52 Å². The molecule has 0 spiro atoms. The van der Waals surface area contributed by atoms with Crippen LogP contribution in [0.3, 0.4) is 0 Å². The number of aromatic nitrogens is 3. The number of aliphatic hydroxyl groups is 1. The molecule has 1 aromatic heterocycles. The molecule has 0 saturated carbocycles. The number of nitrogens with zero attached hydrogens (tertiary/aromatic N) is 3. The fourth-order valence-corrected chi connectivity index (χ4v) is 5.01. The molecule has 1 radical (unpaired) electrons. The van der Waals surface area contributed by atoms with E-state index in [0.29, 0.717) is 0 Å². The Bertz CT molecular complexity index is 1580. The number of benzene rings is 3. The fraction of sp³-hybridized carbons (Fsp3) is 0.459. The van der Waals surface area contributed by atoms with Gasteiger partial charge in [-0.2, -0.15) is 5.10 Å². The van der Waals surface area contributed by atoms with Gasteiger partial charge in [0, 0.05) is 42.7 Å². The van der Waals surface area contributed by atoms with Crippen molar-refractivity contribution < 1.29 is 30.0 Å². The largest absolute Gasteiger partial charge is 0.512 e. The minimum Gasteiger partial charge on any atom is -0.512 e. The van der Waals surface area contributed by atoms with E-state index in [1.165, 1.54) is 17.0 Å². The maximum absolute atomic E-state index is 12.2. The summed E-state index contributed by atoms with van der Waals surface area (Å²) in [4.78, 5) is 12.2. The Hall–Kier alpha value is -2.95. The van der Waals surface area contributed by atoms with Crippen molar-refractivity contribution >= 4 is 27.5 Å². The molecule has 1 heterocycles. The van der Waals surface area contributed by atoms with Crippen LogP contribution in [0.1, 0.15) is 99.1 Å². The molecule has 233 valence electrons. The molecule has 4 rings (SSSR count). The maximum atomic E-state index is 12.2. The second kappa shape index (κ2) is 14.7. The zero-order valence-electron chi connectivity index (χ0n) is 27.6. The number of ketones is 1. The summed E-state index contributed by atoms with van der Waals surface area (Å²) in [5, 5.41) is 26.1. The summed E-state index contributed by atoms with van der Waals surface area (Å²) in [7, 11) is 0. The molecule has 4 aromatic rings. The van der Waals surface area contributed by atoms with Gasteiger partial charge in [-0.1, -0.05) is 115 Å². The van der Waals surface area contributed by atoms with Crippen LogP contribution in [0, 0.1) is 23.8 Å². The zero-order chi connectivity index (χ0) is 31.3. The Balaban J connectivity index is 0.000000318. The summed E-state index contributed by atoms with van der Waals surface area (Å²) in [6.07, 6.45) is 4.75. The Morgan fingerprint density at radius 2 is 1.42 bits per heavy atom. The molecule has 0 amide bonds. The third kappa shape index (κ3) is 7.96. The van der Waals surface area contributed by atoms with Gasteiger partial charge >= 0.3 is 0 Å². The number of carbonyl (C=O) groups is 1. The Kier molecular flexibility index (Phi) is 12.4. The Labute approximate surface area is 271 Å². The number of aliphatic hydroxyl groups excluding tert-OH is 1. The molecule has 43 heavy (non-hydrogen) atoms. The van der Waals surface area contributed by atoms with E-state index in [1.54, 1.807) is 0 Å². The van der Waals surface area contributed by atoms with Gasteiger partial charge in [0.15, 0.2) is 5.78 Å². The van der Waals surface area contributed by atoms with Crippen LogP contribution in [0.2, 0.25) is 0 Å².